The van der Waals surface area contributed by atoms with Crippen LogP contribution in [0.5, 0.6) is 0 Å². The van der Waals surface area contributed by atoms with Crippen molar-refractivity contribution in [3.05, 3.63) is 47.9 Å². The predicted octanol–water partition coefficient (Wildman–Crippen LogP) is 2.34. The van der Waals surface area contributed by atoms with E-state index in [9.17, 15) is 4.39 Å². The number of nitriles is 1. The van der Waals surface area contributed by atoms with Crippen molar-refractivity contribution < 1.29 is 4.39 Å². The topological polar surface area (TPSA) is 62.7 Å². The summed E-state index contributed by atoms with van der Waals surface area (Å²) >= 11 is 0. The molecule has 0 saturated heterocycles. The highest BCUT2D eigenvalue weighted by Crippen LogP contribution is 2.27. The van der Waals surface area contributed by atoms with Gasteiger partial charge in [-0.05, 0) is 18.2 Å². The van der Waals surface area contributed by atoms with Crippen molar-refractivity contribution in [2.24, 2.45) is 0 Å². The van der Waals surface area contributed by atoms with Gasteiger partial charge in [0.25, 0.3) is 0 Å². The van der Waals surface area contributed by atoms with E-state index in [4.69, 9.17) is 11.0 Å². The maximum atomic E-state index is 13.5. The van der Waals surface area contributed by atoms with Gasteiger partial charge in [0.2, 0.25) is 0 Å². The van der Waals surface area contributed by atoms with Gasteiger partial charge in [-0.1, -0.05) is 12.1 Å². The standard InChI is InChI=1S/C12H8FN3/c13-10-4-2-1-3-9(10)12-11(15)8(7-14)5-6-16-12/h1-6H,15H2. The zero-order chi connectivity index (χ0) is 11.5. The van der Waals surface area contributed by atoms with E-state index in [1.807, 2.05) is 6.07 Å². The second-order valence-corrected chi connectivity index (χ2v) is 3.21. The van der Waals surface area contributed by atoms with Gasteiger partial charge < -0.3 is 5.73 Å². The Morgan fingerprint density at radius 2 is 2.00 bits per heavy atom. The van der Waals surface area contributed by atoms with Crippen LogP contribution in [0.25, 0.3) is 11.3 Å². The van der Waals surface area contributed by atoms with E-state index in [1.54, 1.807) is 18.2 Å². The number of anilines is 1. The van der Waals surface area contributed by atoms with E-state index in [-0.39, 0.29) is 5.69 Å². The lowest BCUT2D eigenvalue weighted by atomic mass is 10.1. The number of nitrogens with zero attached hydrogens (tertiary/aromatic N) is 2. The fourth-order valence-corrected chi connectivity index (χ4v) is 1.44. The first kappa shape index (κ1) is 10.1. The lowest BCUT2D eigenvalue weighted by Crippen LogP contribution is -1.98. The van der Waals surface area contributed by atoms with Crippen LogP contribution in [0, 0.1) is 17.1 Å². The molecule has 0 amide bonds. The lowest BCUT2D eigenvalue weighted by molar-refractivity contribution is 0.631. The number of rotatable bonds is 1. The van der Waals surface area contributed by atoms with Gasteiger partial charge in [-0.3, -0.25) is 4.98 Å². The average molecular weight is 213 g/mol. The number of hydrogen-bond acceptors (Lipinski definition) is 3. The normalized spacial score (nSPS) is 9.75. The Kier molecular flexibility index (Phi) is 2.52. The molecule has 2 aromatic rings. The van der Waals surface area contributed by atoms with Gasteiger partial charge in [0, 0.05) is 11.8 Å². The molecule has 0 bridgehead atoms. The first-order valence-corrected chi connectivity index (χ1v) is 4.63. The average Bonchev–Trinajstić information content (AvgIpc) is 2.31. The number of halogens is 1. The summed E-state index contributed by atoms with van der Waals surface area (Å²) in [6.45, 7) is 0. The van der Waals surface area contributed by atoms with Gasteiger partial charge in [-0.15, -0.1) is 0 Å². The van der Waals surface area contributed by atoms with Crippen molar-refractivity contribution in [1.29, 1.82) is 5.26 Å². The van der Waals surface area contributed by atoms with Crippen molar-refractivity contribution in [2.45, 2.75) is 0 Å². The SMILES string of the molecule is N#Cc1ccnc(-c2ccccc2F)c1N. The first-order chi connectivity index (χ1) is 7.74. The second kappa shape index (κ2) is 3.99. The van der Waals surface area contributed by atoms with E-state index in [2.05, 4.69) is 4.98 Å². The van der Waals surface area contributed by atoms with Crippen LogP contribution in [-0.2, 0) is 0 Å². The monoisotopic (exact) mass is 213 g/mol. The molecule has 4 heteroatoms. The van der Waals surface area contributed by atoms with E-state index in [0.717, 1.165) is 0 Å². The quantitative estimate of drug-likeness (QED) is 0.790. The molecule has 1 aromatic carbocycles. The summed E-state index contributed by atoms with van der Waals surface area (Å²) in [7, 11) is 0. The summed E-state index contributed by atoms with van der Waals surface area (Å²) in [6, 6.07) is 9.62. The molecule has 0 atom stereocenters. The zero-order valence-electron chi connectivity index (χ0n) is 8.31. The molecular weight excluding hydrogens is 205 g/mol. The fraction of sp³-hybridized carbons (Fsp3) is 0. The molecule has 0 spiro atoms. The molecular formula is C12H8FN3. The molecule has 3 nitrogen and oxygen atoms in total. The zero-order valence-corrected chi connectivity index (χ0v) is 8.31. The summed E-state index contributed by atoms with van der Waals surface area (Å²) in [4.78, 5) is 4.00. The van der Waals surface area contributed by atoms with Crippen LogP contribution in [0.1, 0.15) is 5.56 Å². The minimum absolute atomic E-state index is 0.204. The Hall–Kier alpha value is -2.41. The highest BCUT2D eigenvalue weighted by molar-refractivity contribution is 5.76. The number of benzene rings is 1. The Bertz CT molecular complexity index is 573. The Morgan fingerprint density at radius 3 is 2.69 bits per heavy atom. The first-order valence-electron chi connectivity index (χ1n) is 4.63. The van der Waals surface area contributed by atoms with Crippen LogP contribution in [0.15, 0.2) is 36.5 Å². The van der Waals surface area contributed by atoms with E-state index < -0.39 is 5.82 Å². The van der Waals surface area contributed by atoms with E-state index in [1.165, 1.54) is 18.3 Å². The molecule has 0 aliphatic rings. The lowest BCUT2D eigenvalue weighted by Gasteiger charge is -2.06. The smallest absolute Gasteiger partial charge is 0.132 e. The summed E-state index contributed by atoms with van der Waals surface area (Å²) < 4.78 is 13.5. The molecule has 0 aliphatic heterocycles. The third-order valence-corrected chi connectivity index (χ3v) is 2.24. The number of nitrogens with two attached hydrogens (primary N) is 1. The van der Waals surface area contributed by atoms with Crippen molar-refractivity contribution in [2.75, 3.05) is 5.73 Å². The van der Waals surface area contributed by atoms with Crippen LogP contribution in [-0.4, -0.2) is 4.98 Å². The highest BCUT2D eigenvalue weighted by Gasteiger charge is 2.11. The molecule has 16 heavy (non-hydrogen) atoms. The minimum Gasteiger partial charge on any atom is -0.396 e. The largest absolute Gasteiger partial charge is 0.396 e. The summed E-state index contributed by atoms with van der Waals surface area (Å²) in [5, 5.41) is 8.81. The van der Waals surface area contributed by atoms with Crippen LogP contribution in [0.2, 0.25) is 0 Å². The van der Waals surface area contributed by atoms with Crippen molar-refractivity contribution >= 4 is 5.69 Å². The van der Waals surface area contributed by atoms with Crippen LogP contribution in [0.4, 0.5) is 10.1 Å². The molecule has 2 N–H and O–H groups in total. The van der Waals surface area contributed by atoms with Crippen molar-refractivity contribution in [3.63, 3.8) is 0 Å². The molecule has 0 unspecified atom stereocenters. The Balaban J connectivity index is 2.67. The van der Waals surface area contributed by atoms with Crippen LogP contribution < -0.4 is 5.73 Å². The molecule has 2 rings (SSSR count). The molecule has 0 aliphatic carbocycles. The second-order valence-electron chi connectivity index (χ2n) is 3.21. The minimum atomic E-state index is -0.406. The summed E-state index contributed by atoms with van der Waals surface area (Å²) in [5.41, 5.74) is 6.85. The molecule has 0 saturated carbocycles. The maximum absolute atomic E-state index is 13.5. The van der Waals surface area contributed by atoms with Gasteiger partial charge in [-0.25, -0.2) is 4.39 Å². The van der Waals surface area contributed by atoms with E-state index >= 15 is 0 Å². The molecule has 78 valence electrons. The third-order valence-electron chi connectivity index (χ3n) is 2.24. The Morgan fingerprint density at radius 1 is 1.25 bits per heavy atom. The van der Waals surface area contributed by atoms with Gasteiger partial charge in [0.15, 0.2) is 0 Å². The molecule has 1 aromatic heterocycles. The fourth-order valence-electron chi connectivity index (χ4n) is 1.44. The predicted molar refractivity (Wildman–Crippen MR) is 58.8 cm³/mol. The third kappa shape index (κ3) is 1.59. The van der Waals surface area contributed by atoms with Gasteiger partial charge in [0.1, 0.15) is 11.9 Å². The van der Waals surface area contributed by atoms with E-state index in [0.29, 0.717) is 16.8 Å². The van der Waals surface area contributed by atoms with Gasteiger partial charge in [0.05, 0.1) is 16.9 Å². The maximum Gasteiger partial charge on any atom is 0.132 e. The number of nitrogen functional groups attached to an aromatic ring is 1. The van der Waals surface area contributed by atoms with Crippen molar-refractivity contribution in [1.82, 2.24) is 4.98 Å². The summed E-state index contributed by atoms with van der Waals surface area (Å²) in [5.74, 6) is -0.406. The van der Waals surface area contributed by atoms with Crippen molar-refractivity contribution in [3.8, 4) is 17.3 Å². The molecule has 0 radical (unpaired) electrons. The number of pyridine rings is 1. The molecule has 1 heterocycles. The molecule has 0 fully saturated rings. The van der Waals surface area contributed by atoms with Gasteiger partial charge in [-0.2, -0.15) is 5.26 Å². The summed E-state index contributed by atoms with van der Waals surface area (Å²) in [6.07, 6.45) is 1.44. The number of aromatic nitrogens is 1. The van der Waals surface area contributed by atoms with Crippen LogP contribution >= 0.6 is 0 Å². The Labute approximate surface area is 92.0 Å². The highest BCUT2D eigenvalue weighted by atomic mass is 19.1. The number of hydrogen-bond donors (Lipinski definition) is 1. The van der Waals surface area contributed by atoms with Crippen LogP contribution in [0.3, 0.4) is 0 Å². The van der Waals surface area contributed by atoms with Gasteiger partial charge >= 0.3 is 0 Å².